The molecule has 1 unspecified atom stereocenters. The van der Waals surface area contributed by atoms with Crippen molar-refractivity contribution in [3.05, 3.63) is 75.3 Å². The maximum atomic E-state index is 13.2. The highest BCUT2D eigenvalue weighted by atomic mass is 16.5. The lowest BCUT2D eigenvalue weighted by molar-refractivity contribution is 0.122. The molecule has 1 aliphatic carbocycles. The van der Waals surface area contributed by atoms with Gasteiger partial charge >= 0.3 is 0 Å². The molecule has 1 saturated heterocycles. The maximum absolute atomic E-state index is 13.2. The average molecular weight is 433 g/mol. The molecule has 0 saturated carbocycles. The fourth-order valence-electron chi connectivity index (χ4n) is 4.89. The molecule has 166 valence electrons. The molecule has 1 aromatic carbocycles. The van der Waals surface area contributed by atoms with Crippen LogP contribution in [0.25, 0.3) is 5.82 Å². The molecule has 3 aromatic rings. The predicted molar refractivity (Wildman–Crippen MR) is 123 cm³/mol. The number of morpholine rings is 1. The summed E-state index contributed by atoms with van der Waals surface area (Å²) in [6.45, 7) is 5.26. The van der Waals surface area contributed by atoms with Gasteiger partial charge in [-0.1, -0.05) is 12.1 Å². The third-order valence-corrected chi connectivity index (χ3v) is 6.69. The molecule has 0 bridgehead atoms. The average Bonchev–Trinajstić information content (AvgIpc) is 2.85. The zero-order valence-corrected chi connectivity index (χ0v) is 18.6. The van der Waals surface area contributed by atoms with Gasteiger partial charge in [-0.2, -0.15) is 9.78 Å². The monoisotopic (exact) mass is 432 g/mol. The highest BCUT2D eigenvalue weighted by Gasteiger charge is 2.25. The molecule has 0 spiro atoms. The number of rotatable bonds is 4. The molecule has 3 heterocycles. The summed E-state index contributed by atoms with van der Waals surface area (Å²) < 4.78 is 12.3. The Morgan fingerprint density at radius 3 is 2.72 bits per heavy atom. The van der Waals surface area contributed by atoms with E-state index in [9.17, 15) is 4.79 Å². The van der Waals surface area contributed by atoms with Gasteiger partial charge in [0.1, 0.15) is 5.75 Å². The highest BCUT2D eigenvalue weighted by molar-refractivity contribution is 5.47. The smallest absolute Gasteiger partial charge is 0.276 e. The molecule has 7 nitrogen and oxygen atoms in total. The Hall–Kier alpha value is -3.19. The molecule has 0 amide bonds. The number of pyridine rings is 1. The maximum Gasteiger partial charge on any atom is 0.276 e. The van der Waals surface area contributed by atoms with Crippen LogP contribution in [0.4, 0.5) is 5.69 Å². The zero-order valence-electron chi connectivity index (χ0n) is 18.6. The van der Waals surface area contributed by atoms with E-state index in [1.165, 1.54) is 15.8 Å². The first-order chi connectivity index (χ1) is 15.7. The van der Waals surface area contributed by atoms with Gasteiger partial charge in [0.25, 0.3) is 5.56 Å². The SMILES string of the molecule is COc1cccc(C2CCc3c(cnn(-c4ccc(N5CCOCC5)cn4)c3=O)C2)c1C. The van der Waals surface area contributed by atoms with Gasteiger partial charge in [0.15, 0.2) is 5.82 Å². The van der Waals surface area contributed by atoms with Crippen molar-refractivity contribution in [1.29, 1.82) is 0 Å². The van der Waals surface area contributed by atoms with Crippen LogP contribution in [0.15, 0.2) is 47.5 Å². The number of anilines is 1. The number of methoxy groups -OCH3 is 1. The topological polar surface area (TPSA) is 69.5 Å². The molecule has 32 heavy (non-hydrogen) atoms. The molecular weight excluding hydrogens is 404 g/mol. The minimum Gasteiger partial charge on any atom is -0.496 e. The van der Waals surface area contributed by atoms with Crippen LogP contribution < -0.4 is 15.2 Å². The minimum atomic E-state index is -0.0602. The molecule has 5 rings (SSSR count). The van der Waals surface area contributed by atoms with Crippen LogP contribution in [0.2, 0.25) is 0 Å². The molecule has 2 aliphatic rings. The van der Waals surface area contributed by atoms with Gasteiger partial charge in [-0.25, -0.2) is 4.98 Å². The number of nitrogens with zero attached hydrogens (tertiary/aromatic N) is 4. The van der Waals surface area contributed by atoms with Crippen LogP contribution in [-0.4, -0.2) is 48.2 Å². The standard InChI is InChI=1S/C25H28N4O3/c1-17-21(4-3-5-23(17)31-2)18-6-8-22-19(14-18)15-27-29(25(22)30)24-9-7-20(16-26-24)28-10-12-32-13-11-28/h3-5,7,9,15-16,18H,6,8,10-14H2,1-2H3. The van der Waals surface area contributed by atoms with Crippen LogP contribution in [-0.2, 0) is 17.6 Å². The van der Waals surface area contributed by atoms with Gasteiger partial charge in [-0.3, -0.25) is 4.79 Å². The Balaban J connectivity index is 1.39. The Bertz CT molecular complexity index is 1170. The van der Waals surface area contributed by atoms with E-state index in [0.29, 0.717) is 11.7 Å². The third kappa shape index (κ3) is 3.77. The van der Waals surface area contributed by atoms with Crippen molar-refractivity contribution >= 4 is 5.69 Å². The number of hydrogen-bond donors (Lipinski definition) is 0. The van der Waals surface area contributed by atoms with Gasteiger partial charge in [0.2, 0.25) is 0 Å². The lowest BCUT2D eigenvalue weighted by Gasteiger charge is -2.28. The molecule has 1 atom stereocenters. The van der Waals surface area contributed by atoms with Crippen molar-refractivity contribution in [1.82, 2.24) is 14.8 Å². The Kier molecular flexibility index (Phi) is 5.66. The largest absolute Gasteiger partial charge is 0.496 e. The lowest BCUT2D eigenvalue weighted by Crippen LogP contribution is -2.36. The first-order valence-electron chi connectivity index (χ1n) is 11.2. The summed E-state index contributed by atoms with van der Waals surface area (Å²) in [5, 5.41) is 4.47. The molecular formula is C25H28N4O3. The molecule has 0 N–H and O–H groups in total. The summed E-state index contributed by atoms with van der Waals surface area (Å²) in [4.78, 5) is 20.0. The van der Waals surface area contributed by atoms with E-state index >= 15 is 0 Å². The predicted octanol–water partition coefficient (Wildman–Crippen LogP) is 3.05. The van der Waals surface area contributed by atoms with E-state index in [4.69, 9.17) is 9.47 Å². The Morgan fingerprint density at radius 2 is 1.97 bits per heavy atom. The fraction of sp³-hybridized carbons (Fsp3) is 0.400. The van der Waals surface area contributed by atoms with Crippen molar-refractivity contribution in [2.45, 2.75) is 32.1 Å². The van der Waals surface area contributed by atoms with Crippen molar-refractivity contribution in [3.8, 4) is 11.6 Å². The van der Waals surface area contributed by atoms with Crippen LogP contribution >= 0.6 is 0 Å². The Labute approximate surface area is 187 Å². The van der Waals surface area contributed by atoms with Crippen molar-refractivity contribution in [3.63, 3.8) is 0 Å². The Morgan fingerprint density at radius 1 is 1.12 bits per heavy atom. The van der Waals surface area contributed by atoms with Crippen molar-refractivity contribution in [2.24, 2.45) is 0 Å². The zero-order chi connectivity index (χ0) is 22.1. The normalized spacial score (nSPS) is 18.3. The van der Waals surface area contributed by atoms with Gasteiger partial charge in [-0.15, -0.1) is 0 Å². The summed E-state index contributed by atoms with van der Waals surface area (Å²) in [6, 6.07) is 10.1. The van der Waals surface area contributed by atoms with E-state index in [1.54, 1.807) is 7.11 Å². The van der Waals surface area contributed by atoms with Gasteiger partial charge in [-0.05, 0) is 67.0 Å². The second-order valence-electron chi connectivity index (χ2n) is 8.45. The summed E-state index contributed by atoms with van der Waals surface area (Å²) in [5.74, 6) is 1.83. The van der Waals surface area contributed by atoms with Crippen molar-refractivity contribution in [2.75, 3.05) is 38.3 Å². The second kappa shape index (κ2) is 8.74. The minimum absolute atomic E-state index is 0.0602. The van der Waals surface area contributed by atoms with E-state index in [2.05, 4.69) is 28.0 Å². The number of fused-ring (bicyclic) bond motifs is 1. The lowest BCUT2D eigenvalue weighted by atomic mass is 9.79. The van der Waals surface area contributed by atoms with E-state index in [-0.39, 0.29) is 5.56 Å². The number of aromatic nitrogens is 3. The summed E-state index contributed by atoms with van der Waals surface area (Å²) in [6.07, 6.45) is 6.15. The number of hydrogen-bond acceptors (Lipinski definition) is 6. The van der Waals surface area contributed by atoms with Gasteiger partial charge in [0, 0.05) is 18.7 Å². The third-order valence-electron chi connectivity index (χ3n) is 6.69. The van der Waals surface area contributed by atoms with Crippen LogP contribution in [0.5, 0.6) is 5.75 Å². The van der Waals surface area contributed by atoms with Crippen molar-refractivity contribution < 1.29 is 9.47 Å². The van der Waals surface area contributed by atoms with Gasteiger partial charge < -0.3 is 14.4 Å². The van der Waals surface area contributed by atoms with E-state index < -0.39 is 0 Å². The molecule has 1 fully saturated rings. The summed E-state index contributed by atoms with van der Waals surface area (Å²) >= 11 is 0. The van der Waals surface area contributed by atoms with Crippen LogP contribution in [0, 0.1) is 6.92 Å². The quantitative estimate of drug-likeness (QED) is 0.631. The van der Waals surface area contributed by atoms with Crippen LogP contribution in [0.1, 0.15) is 34.6 Å². The molecule has 7 heteroatoms. The molecule has 0 radical (unpaired) electrons. The molecule has 2 aromatic heterocycles. The number of benzene rings is 1. The first-order valence-corrected chi connectivity index (χ1v) is 11.2. The molecule has 1 aliphatic heterocycles. The summed E-state index contributed by atoms with van der Waals surface area (Å²) in [5.41, 5.74) is 5.34. The van der Waals surface area contributed by atoms with Crippen LogP contribution in [0.3, 0.4) is 0 Å². The first kappa shape index (κ1) is 20.7. The van der Waals surface area contributed by atoms with E-state index in [0.717, 1.165) is 68.1 Å². The number of ether oxygens (including phenoxy) is 2. The van der Waals surface area contributed by atoms with Gasteiger partial charge in [0.05, 0.1) is 38.4 Å². The fourth-order valence-corrected chi connectivity index (χ4v) is 4.89. The summed E-state index contributed by atoms with van der Waals surface area (Å²) in [7, 11) is 1.70. The van der Waals surface area contributed by atoms with E-state index in [1.807, 2.05) is 36.7 Å². The highest BCUT2D eigenvalue weighted by Crippen LogP contribution is 2.35. The second-order valence-corrected chi connectivity index (χ2v) is 8.45.